The zero-order valence-electron chi connectivity index (χ0n) is 9.53. The van der Waals surface area contributed by atoms with Crippen LogP contribution in [0.25, 0.3) is 10.9 Å². The summed E-state index contributed by atoms with van der Waals surface area (Å²) in [6.07, 6.45) is 1.72. The topological polar surface area (TPSA) is 80.0 Å². The number of rotatable bonds is 3. The van der Waals surface area contributed by atoms with Crippen LogP contribution >= 0.6 is 0 Å². The molecule has 1 heterocycles. The molecule has 0 fully saturated rings. The fourth-order valence-corrected chi connectivity index (χ4v) is 1.59. The van der Waals surface area contributed by atoms with Crippen molar-refractivity contribution in [3.05, 3.63) is 30.5 Å². The Balaban J connectivity index is 2.29. The summed E-state index contributed by atoms with van der Waals surface area (Å²) >= 11 is 0. The number of hydrogen-bond acceptors (Lipinski definition) is 4. The van der Waals surface area contributed by atoms with E-state index in [9.17, 15) is 4.79 Å². The van der Waals surface area contributed by atoms with Gasteiger partial charge in [0.2, 0.25) is 5.91 Å². The highest BCUT2D eigenvalue weighted by molar-refractivity contribution is 5.97. The molecular formula is C12H14N4O. The summed E-state index contributed by atoms with van der Waals surface area (Å²) in [6, 6.07) is 7.44. The lowest BCUT2D eigenvalue weighted by molar-refractivity contribution is -0.118. The Labute approximate surface area is 99.0 Å². The third-order valence-corrected chi connectivity index (χ3v) is 2.54. The molecule has 1 aromatic heterocycles. The van der Waals surface area contributed by atoms with Crippen molar-refractivity contribution in [2.24, 2.45) is 0 Å². The van der Waals surface area contributed by atoms with E-state index in [-0.39, 0.29) is 12.5 Å². The molecule has 1 aromatic carbocycles. The van der Waals surface area contributed by atoms with Gasteiger partial charge < -0.3 is 16.4 Å². The highest BCUT2D eigenvalue weighted by Crippen LogP contribution is 2.26. The molecule has 0 unspecified atom stereocenters. The number of hydrogen-bond donors (Lipinski definition) is 3. The van der Waals surface area contributed by atoms with Gasteiger partial charge in [0.1, 0.15) is 0 Å². The summed E-state index contributed by atoms with van der Waals surface area (Å²) < 4.78 is 0. The first-order valence-electron chi connectivity index (χ1n) is 5.30. The summed E-state index contributed by atoms with van der Waals surface area (Å²) in [4.78, 5) is 15.3. The van der Waals surface area contributed by atoms with E-state index in [1.54, 1.807) is 13.2 Å². The monoisotopic (exact) mass is 230 g/mol. The van der Waals surface area contributed by atoms with Crippen molar-refractivity contribution in [2.45, 2.75) is 0 Å². The second-order valence-corrected chi connectivity index (χ2v) is 3.62. The lowest BCUT2D eigenvalue weighted by Gasteiger charge is -2.10. The third kappa shape index (κ3) is 2.28. The standard InChI is InChI=1S/C12H14N4O/c1-14-11(17)7-16-10-5-4-9-8(12(10)13)3-2-6-15-9/h2-6,16H,7,13H2,1H3,(H,14,17). The number of aromatic nitrogens is 1. The minimum atomic E-state index is -0.0873. The molecule has 2 aromatic rings. The van der Waals surface area contributed by atoms with E-state index in [0.29, 0.717) is 5.69 Å². The van der Waals surface area contributed by atoms with E-state index < -0.39 is 0 Å². The van der Waals surface area contributed by atoms with Crippen molar-refractivity contribution in [1.29, 1.82) is 0 Å². The second kappa shape index (κ2) is 4.69. The maximum Gasteiger partial charge on any atom is 0.239 e. The predicted molar refractivity (Wildman–Crippen MR) is 68.7 cm³/mol. The fraction of sp³-hybridized carbons (Fsp3) is 0.167. The molecule has 88 valence electrons. The van der Waals surface area contributed by atoms with Gasteiger partial charge in [0.05, 0.1) is 23.4 Å². The highest BCUT2D eigenvalue weighted by Gasteiger charge is 2.05. The fourth-order valence-electron chi connectivity index (χ4n) is 1.59. The smallest absolute Gasteiger partial charge is 0.239 e. The van der Waals surface area contributed by atoms with Gasteiger partial charge in [-0.15, -0.1) is 0 Å². The van der Waals surface area contributed by atoms with Crippen LogP contribution in [0.2, 0.25) is 0 Å². The largest absolute Gasteiger partial charge is 0.397 e. The number of nitrogen functional groups attached to an aromatic ring is 1. The van der Waals surface area contributed by atoms with Gasteiger partial charge >= 0.3 is 0 Å². The Hall–Kier alpha value is -2.30. The number of carbonyl (C=O) groups is 1. The van der Waals surface area contributed by atoms with Crippen LogP contribution in [-0.2, 0) is 4.79 Å². The molecule has 0 aliphatic rings. The van der Waals surface area contributed by atoms with Crippen LogP contribution in [0.15, 0.2) is 30.5 Å². The number of benzene rings is 1. The van der Waals surface area contributed by atoms with Crippen molar-refractivity contribution in [3.63, 3.8) is 0 Å². The van der Waals surface area contributed by atoms with E-state index in [1.807, 2.05) is 24.3 Å². The zero-order valence-corrected chi connectivity index (χ0v) is 9.53. The van der Waals surface area contributed by atoms with Gasteiger partial charge in [0.15, 0.2) is 0 Å². The second-order valence-electron chi connectivity index (χ2n) is 3.62. The molecule has 0 spiro atoms. The highest BCUT2D eigenvalue weighted by atomic mass is 16.1. The van der Waals surface area contributed by atoms with E-state index >= 15 is 0 Å². The van der Waals surface area contributed by atoms with Gasteiger partial charge in [0.25, 0.3) is 0 Å². The van der Waals surface area contributed by atoms with Crippen LogP contribution in [0.3, 0.4) is 0 Å². The molecule has 2 rings (SSSR count). The Morgan fingerprint density at radius 2 is 2.24 bits per heavy atom. The maximum absolute atomic E-state index is 11.1. The zero-order chi connectivity index (χ0) is 12.3. The molecule has 0 aliphatic heterocycles. The Morgan fingerprint density at radius 1 is 1.41 bits per heavy atom. The van der Waals surface area contributed by atoms with Gasteiger partial charge in [-0.2, -0.15) is 0 Å². The SMILES string of the molecule is CNC(=O)CNc1ccc2ncccc2c1N. The predicted octanol–water partition coefficient (Wildman–Crippen LogP) is 0.975. The Morgan fingerprint density at radius 3 is 3.00 bits per heavy atom. The molecule has 0 saturated heterocycles. The van der Waals surface area contributed by atoms with Crippen molar-refractivity contribution in [1.82, 2.24) is 10.3 Å². The van der Waals surface area contributed by atoms with Crippen LogP contribution in [0.5, 0.6) is 0 Å². The molecule has 0 bridgehead atoms. The molecule has 0 radical (unpaired) electrons. The van der Waals surface area contributed by atoms with Crippen LogP contribution in [-0.4, -0.2) is 24.5 Å². The minimum Gasteiger partial charge on any atom is -0.397 e. The number of anilines is 2. The van der Waals surface area contributed by atoms with Crippen molar-refractivity contribution in [3.8, 4) is 0 Å². The first-order valence-corrected chi connectivity index (χ1v) is 5.30. The number of fused-ring (bicyclic) bond motifs is 1. The van der Waals surface area contributed by atoms with E-state index in [4.69, 9.17) is 5.73 Å². The van der Waals surface area contributed by atoms with Crippen LogP contribution in [0.4, 0.5) is 11.4 Å². The average Bonchev–Trinajstić information content (AvgIpc) is 2.38. The first kappa shape index (κ1) is 11.2. The number of pyridine rings is 1. The van der Waals surface area contributed by atoms with E-state index in [0.717, 1.165) is 16.6 Å². The minimum absolute atomic E-state index is 0.0873. The molecule has 0 atom stereocenters. The molecule has 1 amide bonds. The lowest BCUT2D eigenvalue weighted by atomic mass is 10.1. The number of amides is 1. The van der Waals surface area contributed by atoms with Gasteiger partial charge in [-0.3, -0.25) is 9.78 Å². The molecule has 5 nitrogen and oxygen atoms in total. The number of nitrogens with zero attached hydrogens (tertiary/aromatic N) is 1. The molecule has 0 aliphatic carbocycles. The summed E-state index contributed by atoms with van der Waals surface area (Å²) in [7, 11) is 1.59. The number of nitrogens with one attached hydrogen (secondary N) is 2. The lowest BCUT2D eigenvalue weighted by Crippen LogP contribution is -2.26. The van der Waals surface area contributed by atoms with Crippen LogP contribution < -0.4 is 16.4 Å². The Bertz CT molecular complexity index is 553. The summed E-state index contributed by atoms with van der Waals surface area (Å²) in [5.74, 6) is -0.0873. The van der Waals surface area contributed by atoms with E-state index in [2.05, 4.69) is 15.6 Å². The summed E-state index contributed by atoms with van der Waals surface area (Å²) in [5.41, 5.74) is 8.21. The van der Waals surface area contributed by atoms with Crippen molar-refractivity contribution >= 4 is 28.2 Å². The third-order valence-electron chi connectivity index (χ3n) is 2.54. The summed E-state index contributed by atoms with van der Waals surface area (Å²) in [5, 5.41) is 6.41. The molecule has 17 heavy (non-hydrogen) atoms. The molecule has 4 N–H and O–H groups in total. The Kier molecular flexibility index (Phi) is 3.09. The number of nitrogens with two attached hydrogens (primary N) is 1. The van der Waals surface area contributed by atoms with Gasteiger partial charge in [0, 0.05) is 18.6 Å². The summed E-state index contributed by atoms with van der Waals surface area (Å²) in [6.45, 7) is 0.201. The maximum atomic E-state index is 11.1. The van der Waals surface area contributed by atoms with Gasteiger partial charge in [-0.05, 0) is 24.3 Å². The molecule has 0 saturated carbocycles. The number of likely N-dealkylation sites (N-methyl/N-ethyl adjacent to an activating group) is 1. The first-order chi connectivity index (χ1) is 8.22. The van der Waals surface area contributed by atoms with Gasteiger partial charge in [-0.1, -0.05) is 0 Å². The quantitative estimate of drug-likeness (QED) is 0.686. The average molecular weight is 230 g/mol. The molecule has 5 heteroatoms. The molecular weight excluding hydrogens is 216 g/mol. The van der Waals surface area contributed by atoms with Crippen LogP contribution in [0, 0.1) is 0 Å². The van der Waals surface area contributed by atoms with Crippen LogP contribution in [0.1, 0.15) is 0 Å². The van der Waals surface area contributed by atoms with Gasteiger partial charge in [-0.25, -0.2) is 0 Å². The van der Waals surface area contributed by atoms with E-state index in [1.165, 1.54) is 0 Å². The number of carbonyl (C=O) groups excluding carboxylic acids is 1. The normalized spacial score (nSPS) is 10.2. The van der Waals surface area contributed by atoms with Crippen molar-refractivity contribution < 1.29 is 4.79 Å². The van der Waals surface area contributed by atoms with Crippen molar-refractivity contribution in [2.75, 3.05) is 24.6 Å².